The van der Waals surface area contributed by atoms with E-state index in [1.807, 2.05) is 77.7 Å². The largest absolute Gasteiger partial charge is 0.444 e. The van der Waals surface area contributed by atoms with Crippen LogP contribution in [0.15, 0.2) is 85.3 Å². The first-order chi connectivity index (χ1) is 23.8. The van der Waals surface area contributed by atoms with Crippen LogP contribution in [0.4, 0.5) is 10.6 Å². The average molecular weight is 683 g/mol. The number of ether oxygens (including phenoxy) is 2. The van der Waals surface area contributed by atoms with Crippen LogP contribution >= 0.6 is 0 Å². The Hall–Kier alpha value is -5.23. The van der Waals surface area contributed by atoms with Crippen LogP contribution in [0.25, 0.3) is 10.8 Å². The predicted molar refractivity (Wildman–Crippen MR) is 190 cm³/mol. The van der Waals surface area contributed by atoms with Gasteiger partial charge < -0.3 is 34.9 Å². The Labute approximate surface area is 292 Å². The van der Waals surface area contributed by atoms with Gasteiger partial charge in [0.15, 0.2) is 5.82 Å². The standard InChI is InChI=1S/C38H46N6O6/c1-37(2,3)50-36(48)42-38(4,5)35(47)40-30(24-49-23-26-14-7-6-8-15-26)33(45)41-31-22-44(25-39-31)32(34(46)43-20-11-12-21-43)29-19-13-17-27-16-9-10-18-28(27)29/h6-10,13-19,22,25,30,32H,11-12,20-21,23-24H2,1-5H3,(H,40,47)(H,41,45)(H,42,48). The summed E-state index contributed by atoms with van der Waals surface area (Å²) < 4.78 is 12.9. The van der Waals surface area contributed by atoms with Gasteiger partial charge in [0, 0.05) is 19.3 Å². The number of carbonyl (C=O) groups excluding carboxylic acids is 4. The molecule has 264 valence electrons. The number of aromatic nitrogens is 2. The molecule has 2 atom stereocenters. The maximum absolute atomic E-state index is 14.0. The molecule has 4 amide bonds. The van der Waals surface area contributed by atoms with Gasteiger partial charge in [0.1, 0.15) is 23.2 Å². The summed E-state index contributed by atoms with van der Waals surface area (Å²) in [6, 6.07) is 21.4. The maximum atomic E-state index is 14.0. The van der Waals surface area contributed by atoms with E-state index in [1.54, 1.807) is 31.5 Å². The minimum Gasteiger partial charge on any atom is -0.444 e. The van der Waals surface area contributed by atoms with E-state index in [2.05, 4.69) is 20.9 Å². The van der Waals surface area contributed by atoms with Gasteiger partial charge in [0.25, 0.3) is 5.91 Å². The molecule has 3 aromatic carbocycles. The molecule has 1 fully saturated rings. The van der Waals surface area contributed by atoms with E-state index in [0.717, 1.165) is 34.7 Å². The van der Waals surface area contributed by atoms with Crippen molar-refractivity contribution in [2.45, 2.75) is 77.3 Å². The van der Waals surface area contributed by atoms with Crippen LogP contribution in [0.2, 0.25) is 0 Å². The first-order valence-electron chi connectivity index (χ1n) is 16.9. The molecule has 12 heteroatoms. The second-order valence-electron chi connectivity index (χ2n) is 14.0. The van der Waals surface area contributed by atoms with Crippen LogP contribution in [0.3, 0.4) is 0 Å². The van der Waals surface area contributed by atoms with E-state index in [9.17, 15) is 19.2 Å². The zero-order valence-corrected chi connectivity index (χ0v) is 29.3. The Morgan fingerprint density at radius 3 is 2.28 bits per heavy atom. The highest BCUT2D eigenvalue weighted by Crippen LogP contribution is 2.30. The van der Waals surface area contributed by atoms with Gasteiger partial charge in [0.05, 0.1) is 19.5 Å². The number of carbonyl (C=O) groups is 4. The Bertz CT molecular complexity index is 1800. The van der Waals surface area contributed by atoms with Crippen LogP contribution in [0.1, 0.15) is 64.6 Å². The van der Waals surface area contributed by atoms with E-state index in [1.165, 1.54) is 20.2 Å². The molecule has 1 saturated heterocycles. The number of fused-ring (bicyclic) bond motifs is 1. The Kier molecular flexibility index (Phi) is 11.2. The summed E-state index contributed by atoms with van der Waals surface area (Å²) in [7, 11) is 0. The van der Waals surface area contributed by atoms with Crippen molar-refractivity contribution in [3.63, 3.8) is 0 Å². The van der Waals surface area contributed by atoms with Crippen LogP contribution in [-0.2, 0) is 30.5 Å². The quantitative estimate of drug-likeness (QED) is 0.187. The second-order valence-corrected chi connectivity index (χ2v) is 14.0. The fraction of sp³-hybridized carbons (Fsp3) is 0.395. The van der Waals surface area contributed by atoms with Crippen molar-refractivity contribution < 1.29 is 28.7 Å². The van der Waals surface area contributed by atoms with Crippen LogP contribution in [-0.4, -0.2) is 75.1 Å². The van der Waals surface area contributed by atoms with E-state index < -0.39 is 41.1 Å². The van der Waals surface area contributed by atoms with Crippen molar-refractivity contribution in [1.29, 1.82) is 0 Å². The number of likely N-dealkylation sites (tertiary alicyclic amines) is 1. The molecule has 0 aliphatic carbocycles. The first kappa shape index (κ1) is 36.1. The molecule has 0 bridgehead atoms. The number of nitrogens with one attached hydrogen (secondary N) is 3. The number of benzene rings is 3. The van der Waals surface area contributed by atoms with Gasteiger partial charge in [-0.25, -0.2) is 9.78 Å². The van der Waals surface area contributed by atoms with Gasteiger partial charge in [-0.05, 0) is 69.4 Å². The lowest BCUT2D eigenvalue weighted by Crippen LogP contribution is -2.59. The number of imidazole rings is 1. The highest BCUT2D eigenvalue weighted by atomic mass is 16.6. The lowest BCUT2D eigenvalue weighted by molar-refractivity contribution is -0.132. The molecule has 50 heavy (non-hydrogen) atoms. The minimum atomic E-state index is -1.43. The molecule has 1 aromatic heterocycles. The molecular weight excluding hydrogens is 636 g/mol. The number of anilines is 1. The Morgan fingerprint density at radius 1 is 0.880 bits per heavy atom. The van der Waals surface area contributed by atoms with Crippen molar-refractivity contribution in [1.82, 2.24) is 25.1 Å². The summed E-state index contributed by atoms with van der Waals surface area (Å²) in [6.45, 7) is 9.59. The topological polar surface area (TPSA) is 144 Å². The highest BCUT2D eigenvalue weighted by molar-refractivity contribution is 5.99. The van der Waals surface area contributed by atoms with Gasteiger partial charge in [-0.1, -0.05) is 72.8 Å². The highest BCUT2D eigenvalue weighted by Gasteiger charge is 2.35. The summed E-state index contributed by atoms with van der Waals surface area (Å²) in [5.41, 5.74) is -0.469. The molecule has 1 aliphatic rings. The smallest absolute Gasteiger partial charge is 0.408 e. The van der Waals surface area contributed by atoms with E-state index in [0.29, 0.717) is 13.1 Å². The third kappa shape index (κ3) is 9.26. The third-order valence-electron chi connectivity index (χ3n) is 8.32. The van der Waals surface area contributed by atoms with Crippen LogP contribution < -0.4 is 16.0 Å². The second kappa shape index (κ2) is 15.5. The predicted octanol–water partition coefficient (Wildman–Crippen LogP) is 5.19. The normalized spacial score (nSPS) is 14.5. The van der Waals surface area contributed by atoms with Gasteiger partial charge >= 0.3 is 6.09 Å². The molecule has 3 N–H and O–H groups in total. The lowest BCUT2D eigenvalue weighted by Gasteiger charge is -2.29. The SMILES string of the molecule is CC(C)(C)OC(=O)NC(C)(C)C(=O)NC(COCc1ccccc1)C(=O)Nc1cn(C(C(=O)N2CCCC2)c2cccc3ccccc23)cn1. The molecule has 0 spiro atoms. The minimum absolute atomic E-state index is 0.0479. The van der Waals surface area contributed by atoms with Gasteiger partial charge in [-0.2, -0.15) is 0 Å². The van der Waals surface area contributed by atoms with Crippen molar-refractivity contribution in [3.8, 4) is 0 Å². The maximum Gasteiger partial charge on any atom is 0.408 e. The molecule has 12 nitrogen and oxygen atoms in total. The van der Waals surface area contributed by atoms with Crippen molar-refractivity contribution >= 4 is 40.4 Å². The number of alkyl carbamates (subject to hydrolysis) is 1. The molecule has 0 saturated carbocycles. The number of hydrogen-bond donors (Lipinski definition) is 3. The number of nitrogens with zero attached hydrogens (tertiary/aromatic N) is 3. The molecule has 2 unspecified atom stereocenters. The summed E-state index contributed by atoms with van der Waals surface area (Å²) in [5, 5.41) is 10.0. The zero-order chi connectivity index (χ0) is 35.9. The molecule has 5 rings (SSSR count). The average Bonchev–Trinajstić information content (AvgIpc) is 3.77. The monoisotopic (exact) mass is 682 g/mol. The van der Waals surface area contributed by atoms with Crippen molar-refractivity contribution in [2.24, 2.45) is 0 Å². The van der Waals surface area contributed by atoms with Gasteiger partial charge in [-0.15, -0.1) is 0 Å². The molecule has 1 aliphatic heterocycles. The number of rotatable bonds is 12. The Balaban J connectivity index is 1.36. The van der Waals surface area contributed by atoms with Crippen LogP contribution in [0.5, 0.6) is 0 Å². The van der Waals surface area contributed by atoms with E-state index >= 15 is 0 Å². The summed E-state index contributed by atoms with van der Waals surface area (Å²) >= 11 is 0. The first-order valence-corrected chi connectivity index (χ1v) is 16.9. The number of hydrogen-bond acceptors (Lipinski definition) is 7. The fourth-order valence-electron chi connectivity index (χ4n) is 5.78. The van der Waals surface area contributed by atoms with Gasteiger partial charge in [0.2, 0.25) is 11.8 Å². The summed E-state index contributed by atoms with van der Waals surface area (Å²) in [4.78, 5) is 60.0. The van der Waals surface area contributed by atoms with Crippen molar-refractivity contribution in [2.75, 3.05) is 25.0 Å². The molecule has 0 radical (unpaired) electrons. The third-order valence-corrected chi connectivity index (χ3v) is 8.32. The van der Waals surface area contributed by atoms with Crippen LogP contribution in [0, 0.1) is 0 Å². The zero-order valence-electron chi connectivity index (χ0n) is 29.3. The molecule has 2 heterocycles. The van der Waals surface area contributed by atoms with E-state index in [4.69, 9.17) is 9.47 Å². The Morgan fingerprint density at radius 2 is 1.56 bits per heavy atom. The summed E-state index contributed by atoms with van der Waals surface area (Å²) in [5.74, 6) is -1.06. The molecular formula is C38H46N6O6. The summed E-state index contributed by atoms with van der Waals surface area (Å²) in [6.07, 6.45) is 4.28. The number of amides is 4. The lowest BCUT2D eigenvalue weighted by atomic mass is 9.97. The fourth-order valence-corrected chi connectivity index (χ4v) is 5.78. The van der Waals surface area contributed by atoms with Gasteiger partial charge in [-0.3, -0.25) is 14.4 Å². The van der Waals surface area contributed by atoms with E-state index in [-0.39, 0.29) is 24.9 Å². The van der Waals surface area contributed by atoms with Crippen molar-refractivity contribution in [3.05, 3.63) is 96.4 Å². The molecule has 4 aromatic rings.